The highest BCUT2D eigenvalue weighted by molar-refractivity contribution is 5.87. The van der Waals surface area contributed by atoms with Crippen LogP contribution in [0.3, 0.4) is 0 Å². The number of hydrogen-bond acceptors (Lipinski definition) is 4. The topological polar surface area (TPSA) is 46.6 Å². The number of carbonyl (C=O) groups excluding carboxylic acids is 2. The number of hydrogen-bond donors (Lipinski definition) is 0. The Balaban J connectivity index is 1.48. The second-order valence-electron chi connectivity index (χ2n) is 10.7. The summed E-state index contributed by atoms with van der Waals surface area (Å²) in [5, 5.41) is 0. The third-order valence-corrected chi connectivity index (χ3v) is 9.29. The highest BCUT2D eigenvalue weighted by Gasteiger charge is 2.60. The average molecular weight is 410 g/mol. The van der Waals surface area contributed by atoms with Crippen molar-refractivity contribution in [2.24, 2.45) is 28.6 Å². The van der Waals surface area contributed by atoms with Crippen molar-refractivity contribution >= 4 is 11.8 Å². The van der Waals surface area contributed by atoms with Gasteiger partial charge in [-0.1, -0.05) is 25.5 Å². The van der Waals surface area contributed by atoms with Crippen LogP contribution in [0.1, 0.15) is 65.2 Å². The number of Topliss-reactive ketones (excluding diaryl/α,β-unsaturated/α-hetero) is 1. The fourth-order valence-corrected chi connectivity index (χ4v) is 7.69. The van der Waals surface area contributed by atoms with Gasteiger partial charge in [-0.05, 0) is 73.8 Å². The van der Waals surface area contributed by atoms with Crippen molar-refractivity contribution in [3.63, 3.8) is 0 Å². The molecule has 4 aliphatic carbocycles. The SMILES string of the molecule is COC(=O)/C=C1\CC[C@@H]2[C@H]3CC=C4C=C(N5CCCC5)CC[C@]4(C)[C@@H]3C(=O)C[C@@]12C. The third-order valence-electron chi connectivity index (χ3n) is 9.29. The second-order valence-corrected chi connectivity index (χ2v) is 10.7. The molecule has 1 aliphatic heterocycles. The molecule has 0 aromatic carbocycles. The zero-order valence-corrected chi connectivity index (χ0v) is 18.7. The number of rotatable bonds is 2. The van der Waals surface area contributed by atoms with Gasteiger partial charge in [0, 0.05) is 42.6 Å². The van der Waals surface area contributed by atoms with Crippen LogP contribution in [0.15, 0.2) is 35.1 Å². The van der Waals surface area contributed by atoms with Crippen LogP contribution in [0, 0.1) is 28.6 Å². The molecule has 1 heterocycles. The molecule has 0 N–H and O–H groups in total. The predicted octanol–water partition coefficient (Wildman–Crippen LogP) is 4.82. The number of ketones is 1. The molecule has 162 valence electrons. The van der Waals surface area contributed by atoms with E-state index in [1.165, 1.54) is 44.3 Å². The maximum Gasteiger partial charge on any atom is 0.330 e. The Hall–Kier alpha value is -1.84. The summed E-state index contributed by atoms with van der Waals surface area (Å²) in [6.45, 7) is 6.96. The molecule has 0 aromatic rings. The summed E-state index contributed by atoms with van der Waals surface area (Å²) in [6.07, 6.45) is 14.9. The molecule has 0 bridgehead atoms. The van der Waals surface area contributed by atoms with Gasteiger partial charge in [0.25, 0.3) is 0 Å². The first-order valence-electron chi connectivity index (χ1n) is 11.8. The molecule has 0 aromatic heterocycles. The van der Waals surface area contributed by atoms with Crippen LogP contribution in [-0.4, -0.2) is 36.9 Å². The van der Waals surface area contributed by atoms with E-state index in [0.29, 0.717) is 24.0 Å². The fourth-order valence-electron chi connectivity index (χ4n) is 7.69. The van der Waals surface area contributed by atoms with Crippen LogP contribution in [-0.2, 0) is 14.3 Å². The lowest BCUT2D eigenvalue weighted by Crippen LogP contribution is -2.53. The van der Waals surface area contributed by atoms with Crippen LogP contribution in [0.5, 0.6) is 0 Å². The molecule has 0 amide bonds. The number of ether oxygens (including phenoxy) is 1. The van der Waals surface area contributed by atoms with Gasteiger partial charge in [-0.2, -0.15) is 0 Å². The summed E-state index contributed by atoms with van der Waals surface area (Å²) in [5.41, 5.74) is 3.83. The first-order valence-corrected chi connectivity index (χ1v) is 11.8. The van der Waals surface area contributed by atoms with Crippen molar-refractivity contribution in [2.45, 2.75) is 65.2 Å². The monoisotopic (exact) mass is 409 g/mol. The number of allylic oxidation sites excluding steroid dienone is 5. The summed E-state index contributed by atoms with van der Waals surface area (Å²) in [4.78, 5) is 28.2. The third kappa shape index (κ3) is 2.85. The van der Waals surface area contributed by atoms with Gasteiger partial charge >= 0.3 is 5.97 Å². The zero-order valence-electron chi connectivity index (χ0n) is 18.7. The molecule has 4 nitrogen and oxygen atoms in total. The van der Waals surface area contributed by atoms with E-state index in [1.807, 2.05) is 0 Å². The van der Waals surface area contributed by atoms with E-state index < -0.39 is 0 Å². The molecule has 0 radical (unpaired) electrons. The Labute approximate surface area is 180 Å². The summed E-state index contributed by atoms with van der Waals surface area (Å²) >= 11 is 0. The molecular formula is C26H35NO3. The smallest absolute Gasteiger partial charge is 0.330 e. The molecule has 3 fully saturated rings. The minimum absolute atomic E-state index is 0.0284. The first kappa shape index (κ1) is 20.1. The fraction of sp³-hybridized carbons (Fsp3) is 0.692. The van der Waals surface area contributed by atoms with E-state index in [1.54, 1.807) is 6.08 Å². The standard InChI is InChI=1S/C26H35NO3/c1-25-11-10-19(27-12-4-5-13-27)14-17(25)6-8-20-21-9-7-18(15-23(29)30-3)26(21,2)16-22(28)24(20)25/h6,14-15,20-21,24H,4-5,7-13,16H2,1-3H3/b18-15+/t20-,21-,24+,25+,26+/m1/s1. The van der Waals surface area contributed by atoms with E-state index in [-0.39, 0.29) is 22.7 Å². The normalized spacial score (nSPS) is 41.7. The zero-order chi connectivity index (χ0) is 21.1. The van der Waals surface area contributed by atoms with Gasteiger partial charge in [-0.25, -0.2) is 4.79 Å². The van der Waals surface area contributed by atoms with Gasteiger partial charge in [0.05, 0.1) is 7.11 Å². The van der Waals surface area contributed by atoms with Gasteiger partial charge in [0.2, 0.25) is 0 Å². The Bertz CT molecular complexity index is 862. The molecule has 2 saturated carbocycles. The lowest BCUT2D eigenvalue weighted by atomic mass is 9.48. The lowest BCUT2D eigenvalue weighted by molar-refractivity contribution is -0.140. The quantitative estimate of drug-likeness (QED) is 0.485. The Morgan fingerprint density at radius 3 is 2.70 bits per heavy atom. The van der Waals surface area contributed by atoms with Crippen molar-refractivity contribution in [3.8, 4) is 0 Å². The second kappa shape index (κ2) is 7.10. The number of nitrogens with zero attached hydrogens (tertiary/aromatic N) is 1. The number of likely N-dealkylation sites (tertiary alicyclic amines) is 1. The van der Waals surface area contributed by atoms with Crippen LogP contribution >= 0.6 is 0 Å². The minimum atomic E-state index is -0.286. The molecule has 5 aliphatic rings. The number of esters is 1. The van der Waals surface area contributed by atoms with Crippen molar-refractivity contribution in [3.05, 3.63) is 35.1 Å². The van der Waals surface area contributed by atoms with E-state index in [0.717, 1.165) is 37.7 Å². The van der Waals surface area contributed by atoms with E-state index >= 15 is 0 Å². The molecule has 0 spiro atoms. The molecule has 5 rings (SSSR count). The van der Waals surface area contributed by atoms with Crippen molar-refractivity contribution < 1.29 is 14.3 Å². The highest BCUT2D eigenvalue weighted by Crippen LogP contribution is 2.64. The maximum atomic E-state index is 13.7. The summed E-state index contributed by atoms with van der Waals surface area (Å²) < 4.78 is 4.89. The van der Waals surface area contributed by atoms with Crippen molar-refractivity contribution in [1.29, 1.82) is 0 Å². The van der Waals surface area contributed by atoms with Gasteiger partial charge < -0.3 is 9.64 Å². The van der Waals surface area contributed by atoms with Crippen LogP contribution in [0.2, 0.25) is 0 Å². The number of carbonyl (C=O) groups is 2. The van der Waals surface area contributed by atoms with E-state index in [2.05, 4.69) is 30.9 Å². The Morgan fingerprint density at radius 1 is 1.20 bits per heavy atom. The summed E-state index contributed by atoms with van der Waals surface area (Å²) in [7, 11) is 1.43. The minimum Gasteiger partial charge on any atom is -0.466 e. The van der Waals surface area contributed by atoms with Crippen molar-refractivity contribution in [1.82, 2.24) is 4.90 Å². The Kier molecular flexibility index (Phi) is 4.75. The van der Waals surface area contributed by atoms with Gasteiger partial charge in [0.1, 0.15) is 5.78 Å². The predicted molar refractivity (Wildman–Crippen MR) is 116 cm³/mol. The molecule has 5 atom stereocenters. The van der Waals surface area contributed by atoms with Gasteiger partial charge in [0.15, 0.2) is 0 Å². The van der Waals surface area contributed by atoms with E-state index in [4.69, 9.17) is 4.74 Å². The maximum absolute atomic E-state index is 13.7. The highest BCUT2D eigenvalue weighted by atomic mass is 16.5. The summed E-state index contributed by atoms with van der Waals surface area (Å²) in [6, 6.07) is 0. The van der Waals surface area contributed by atoms with Gasteiger partial charge in [-0.3, -0.25) is 4.79 Å². The molecule has 1 saturated heterocycles. The van der Waals surface area contributed by atoms with Crippen LogP contribution < -0.4 is 0 Å². The molecule has 4 heteroatoms. The van der Waals surface area contributed by atoms with Crippen molar-refractivity contribution in [2.75, 3.05) is 20.2 Å². The first-order chi connectivity index (χ1) is 14.4. The van der Waals surface area contributed by atoms with Crippen LogP contribution in [0.25, 0.3) is 0 Å². The molecule has 0 unspecified atom stereocenters. The average Bonchev–Trinajstić information content (AvgIpc) is 3.35. The largest absolute Gasteiger partial charge is 0.466 e. The number of fused-ring (bicyclic) bond motifs is 5. The van der Waals surface area contributed by atoms with Crippen LogP contribution in [0.4, 0.5) is 0 Å². The van der Waals surface area contributed by atoms with Gasteiger partial charge in [-0.15, -0.1) is 0 Å². The molecule has 30 heavy (non-hydrogen) atoms. The lowest BCUT2D eigenvalue weighted by Gasteiger charge is -2.55. The van der Waals surface area contributed by atoms with E-state index in [9.17, 15) is 9.59 Å². The number of methoxy groups -OCH3 is 1. The summed E-state index contributed by atoms with van der Waals surface area (Å²) in [5.74, 6) is 1.14. The molecular weight excluding hydrogens is 374 g/mol. The Morgan fingerprint density at radius 2 is 1.97 bits per heavy atom.